The lowest BCUT2D eigenvalue weighted by molar-refractivity contribution is 0.198. The van der Waals surface area contributed by atoms with Gasteiger partial charge in [0.15, 0.2) is 5.96 Å². The van der Waals surface area contributed by atoms with Gasteiger partial charge in [-0.1, -0.05) is 44.2 Å². The highest BCUT2D eigenvalue weighted by atomic mass is 32.2. The van der Waals surface area contributed by atoms with Crippen LogP contribution in [0.3, 0.4) is 0 Å². The molecule has 1 aliphatic heterocycles. The molecule has 158 valence electrons. The van der Waals surface area contributed by atoms with Gasteiger partial charge in [-0.3, -0.25) is 9.89 Å². The number of hydrogen-bond donors (Lipinski definition) is 2. The van der Waals surface area contributed by atoms with E-state index in [-0.39, 0.29) is 5.75 Å². The molecule has 8 heteroatoms. The highest BCUT2D eigenvalue weighted by Crippen LogP contribution is 2.13. The number of nitrogens with one attached hydrogen (secondary N) is 2. The van der Waals surface area contributed by atoms with Crippen molar-refractivity contribution in [3.8, 4) is 0 Å². The number of benzene rings is 1. The lowest BCUT2D eigenvalue weighted by Gasteiger charge is -2.33. The standard InChI is InChI=1S/C20H35N5O2S/c1-4-25(5-2)28(26,27)16-13-22-20(21-3)23-19-11-14-24(15-12-19)17-18-9-7-6-8-10-18/h6-10,19H,4-5,11-17H2,1-3H3,(H2,21,22,23). The minimum Gasteiger partial charge on any atom is -0.355 e. The van der Waals surface area contributed by atoms with E-state index in [4.69, 9.17) is 0 Å². The number of likely N-dealkylation sites (tertiary alicyclic amines) is 1. The minimum atomic E-state index is -3.22. The first kappa shape index (κ1) is 22.6. The molecule has 1 aromatic carbocycles. The van der Waals surface area contributed by atoms with Gasteiger partial charge in [-0.05, 0) is 18.4 Å². The van der Waals surface area contributed by atoms with Crippen molar-refractivity contribution in [2.24, 2.45) is 4.99 Å². The van der Waals surface area contributed by atoms with Crippen LogP contribution in [0.2, 0.25) is 0 Å². The molecule has 0 bridgehead atoms. The molecule has 1 aliphatic rings. The fourth-order valence-corrected chi connectivity index (χ4v) is 4.91. The summed E-state index contributed by atoms with van der Waals surface area (Å²) in [7, 11) is -1.49. The van der Waals surface area contributed by atoms with Crippen LogP contribution >= 0.6 is 0 Å². The summed E-state index contributed by atoms with van der Waals surface area (Å²) in [6, 6.07) is 10.9. The lowest BCUT2D eigenvalue weighted by Crippen LogP contribution is -2.49. The molecule has 0 unspecified atom stereocenters. The van der Waals surface area contributed by atoms with Crippen molar-refractivity contribution >= 4 is 16.0 Å². The molecule has 0 amide bonds. The van der Waals surface area contributed by atoms with Crippen LogP contribution in [0.25, 0.3) is 0 Å². The van der Waals surface area contributed by atoms with E-state index in [9.17, 15) is 8.42 Å². The van der Waals surface area contributed by atoms with Crippen molar-refractivity contribution < 1.29 is 8.42 Å². The number of hydrogen-bond acceptors (Lipinski definition) is 4. The van der Waals surface area contributed by atoms with Crippen LogP contribution in [0.4, 0.5) is 0 Å². The van der Waals surface area contributed by atoms with Crippen molar-refractivity contribution in [2.75, 3.05) is 45.5 Å². The first-order valence-corrected chi connectivity index (χ1v) is 11.8. The third kappa shape index (κ3) is 7.07. The molecule has 28 heavy (non-hydrogen) atoms. The van der Waals surface area contributed by atoms with Gasteiger partial charge in [0.05, 0.1) is 5.75 Å². The van der Waals surface area contributed by atoms with Gasteiger partial charge in [-0.2, -0.15) is 0 Å². The molecule has 1 heterocycles. The molecule has 7 nitrogen and oxygen atoms in total. The molecule has 1 aromatic rings. The molecule has 1 saturated heterocycles. The third-order valence-corrected chi connectivity index (χ3v) is 7.18. The molecule has 0 aromatic heterocycles. The first-order chi connectivity index (χ1) is 13.5. The van der Waals surface area contributed by atoms with E-state index >= 15 is 0 Å². The highest BCUT2D eigenvalue weighted by Gasteiger charge is 2.21. The number of aliphatic imine (C=N–C) groups is 1. The summed E-state index contributed by atoms with van der Waals surface area (Å²) in [5.74, 6) is 0.751. The maximum absolute atomic E-state index is 12.3. The summed E-state index contributed by atoms with van der Waals surface area (Å²) in [5.41, 5.74) is 1.35. The fourth-order valence-electron chi connectivity index (χ4n) is 3.51. The zero-order valence-corrected chi connectivity index (χ0v) is 18.2. The molecular formula is C20H35N5O2S. The average Bonchev–Trinajstić information content (AvgIpc) is 2.70. The van der Waals surface area contributed by atoms with Crippen molar-refractivity contribution in [3.05, 3.63) is 35.9 Å². The second-order valence-electron chi connectivity index (χ2n) is 7.08. The van der Waals surface area contributed by atoms with Crippen molar-refractivity contribution in [1.82, 2.24) is 19.8 Å². The van der Waals surface area contributed by atoms with Gasteiger partial charge >= 0.3 is 0 Å². The normalized spacial score (nSPS) is 17.1. The van der Waals surface area contributed by atoms with Crippen molar-refractivity contribution in [3.63, 3.8) is 0 Å². The van der Waals surface area contributed by atoms with E-state index in [1.807, 2.05) is 19.9 Å². The second-order valence-corrected chi connectivity index (χ2v) is 9.17. The molecule has 0 atom stereocenters. The van der Waals surface area contributed by atoms with E-state index in [2.05, 4.69) is 44.8 Å². The van der Waals surface area contributed by atoms with Gasteiger partial charge in [0, 0.05) is 52.4 Å². The van der Waals surface area contributed by atoms with Crippen LogP contribution in [0.15, 0.2) is 35.3 Å². The maximum atomic E-state index is 12.3. The Morgan fingerprint density at radius 3 is 2.39 bits per heavy atom. The Morgan fingerprint density at radius 1 is 1.18 bits per heavy atom. The third-order valence-electron chi connectivity index (χ3n) is 5.15. The smallest absolute Gasteiger partial charge is 0.215 e. The first-order valence-electron chi connectivity index (χ1n) is 10.2. The van der Waals surface area contributed by atoms with Crippen LogP contribution < -0.4 is 10.6 Å². The summed E-state index contributed by atoms with van der Waals surface area (Å²) in [4.78, 5) is 6.72. The molecule has 2 N–H and O–H groups in total. The van der Waals surface area contributed by atoms with Crippen LogP contribution in [-0.4, -0.2) is 75.1 Å². The molecular weight excluding hydrogens is 374 g/mol. The van der Waals surface area contributed by atoms with E-state index in [1.54, 1.807) is 7.05 Å². The van der Waals surface area contributed by atoms with Crippen LogP contribution in [0.5, 0.6) is 0 Å². The monoisotopic (exact) mass is 409 g/mol. The van der Waals surface area contributed by atoms with Gasteiger partial charge in [0.1, 0.15) is 0 Å². The Kier molecular flexibility index (Phi) is 9.21. The number of guanidine groups is 1. The largest absolute Gasteiger partial charge is 0.355 e. The van der Waals surface area contributed by atoms with Crippen LogP contribution in [0.1, 0.15) is 32.3 Å². The van der Waals surface area contributed by atoms with E-state index in [0.717, 1.165) is 32.5 Å². The average molecular weight is 410 g/mol. The van der Waals surface area contributed by atoms with Crippen molar-refractivity contribution in [2.45, 2.75) is 39.3 Å². The summed E-state index contributed by atoms with van der Waals surface area (Å²) >= 11 is 0. The summed E-state index contributed by atoms with van der Waals surface area (Å²) in [6.45, 7) is 8.16. The molecule has 2 rings (SSSR count). The van der Waals surface area contributed by atoms with Gasteiger partial charge in [-0.25, -0.2) is 12.7 Å². The molecule has 0 aliphatic carbocycles. The van der Waals surface area contributed by atoms with E-state index in [1.165, 1.54) is 9.87 Å². The van der Waals surface area contributed by atoms with Crippen LogP contribution in [-0.2, 0) is 16.6 Å². The molecule has 1 fully saturated rings. The quantitative estimate of drug-likeness (QED) is 0.477. The molecule has 0 spiro atoms. The number of rotatable bonds is 9. The predicted molar refractivity (Wildman–Crippen MR) is 116 cm³/mol. The number of piperidine rings is 1. The number of sulfonamides is 1. The zero-order chi connectivity index (χ0) is 20.4. The Morgan fingerprint density at radius 2 is 1.82 bits per heavy atom. The Balaban J connectivity index is 1.72. The number of nitrogens with zero attached hydrogens (tertiary/aromatic N) is 3. The maximum Gasteiger partial charge on any atom is 0.215 e. The van der Waals surface area contributed by atoms with Crippen LogP contribution in [0, 0.1) is 0 Å². The van der Waals surface area contributed by atoms with Gasteiger partial charge in [0.25, 0.3) is 0 Å². The summed E-state index contributed by atoms with van der Waals surface area (Å²) < 4.78 is 26.0. The summed E-state index contributed by atoms with van der Waals surface area (Å²) in [5, 5.41) is 6.58. The Bertz CT molecular complexity index is 697. The lowest BCUT2D eigenvalue weighted by atomic mass is 10.0. The SMILES string of the molecule is CCN(CC)S(=O)(=O)CCNC(=NC)NC1CCN(Cc2ccccc2)CC1. The van der Waals surface area contributed by atoms with E-state index < -0.39 is 10.0 Å². The minimum absolute atomic E-state index is 0.0743. The summed E-state index contributed by atoms with van der Waals surface area (Å²) in [6.07, 6.45) is 2.09. The highest BCUT2D eigenvalue weighted by molar-refractivity contribution is 7.89. The van der Waals surface area contributed by atoms with Gasteiger partial charge in [0.2, 0.25) is 10.0 Å². The Labute approximate surface area is 170 Å². The van der Waals surface area contributed by atoms with E-state index in [0.29, 0.717) is 31.6 Å². The predicted octanol–water partition coefficient (Wildman–Crippen LogP) is 1.49. The molecule has 0 saturated carbocycles. The molecule has 0 radical (unpaired) electrons. The van der Waals surface area contributed by atoms with Gasteiger partial charge in [-0.15, -0.1) is 0 Å². The topological polar surface area (TPSA) is 77.0 Å². The Hall–Kier alpha value is -1.64. The second kappa shape index (κ2) is 11.4. The van der Waals surface area contributed by atoms with Crippen molar-refractivity contribution in [1.29, 1.82) is 0 Å². The zero-order valence-electron chi connectivity index (χ0n) is 17.4. The van der Waals surface area contributed by atoms with Gasteiger partial charge < -0.3 is 10.6 Å². The fraction of sp³-hybridized carbons (Fsp3) is 0.650.